The molecule has 0 saturated heterocycles. The number of carbonyl (C=O) groups excluding carboxylic acids is 1. The van der Waals surface area contributed by atoms with Crippen molar-refractivity contribution in [2.75, 3.05) is 0 Å². The molecular formula is C14H18ClNO2. The standard InChI is InChI=1S/C14H18ClNO2/c15-12-5-3-4-11(8-12)10-16-13(17)9-14(18)6-1-2-7-14/h3-5,8,18H,1-2,6-7,9-10H2,(H,16,17). The van der Waals surface area contributed by atoms with E-state index < -0.39 is 5.60 Å². The van der Waals surface area contributed by atoms with Gasteiger partial charge in [0.05, 0.1) is 12.0 Å². The van der Waals surface area contributed by atoms with Gasteiger partial charge >= 0.3 is 0 Å². The number of halogens is 1. The first kappa shape index (κ1) is 13.4. The molecule has 2 N–H and O–H groups in total. The number of carbonyl (C=O) groups is 1. The predicted octanol–water partition coefficient (Wildman–Crippen LogP) is 2.65. The molecule has 1 aromatic rings. The monoisotopic (exact) mass is 267 g/mol. The van der Waals surface area contributed by atoms with Gasteiger partial charge < -0.3 is 10.4 Å². The maximum atomic E-state index is 11.8. The predicted molar refractivity (Wildman–Crippen MR) is 71.3 cm³/mol. The highest BCUT2D eigenvalue weighted by Crippen LogP contribution is 2.32. The molecule has 1 saturated carbocycles. The molecule has 0 unspecified atom stereocenters. The third-order valence-electron chi connectivity index (χ3n) is 3.40. The Morgan fingerprint density at radius 2 is 2.11 bits per heavy atom. The van der Waals surface area contributed by atoms with E-state index in [1.165, 1.54) is 0 Å². The largest absolute Gasteiger partial charge is 0.389 e. The van der Waals surface area contributed by atoms with Gasteiger partial charge in [-0.2, -0.15) is 0 Å². The molecule has 0 atom stereocenters. The van der Waals surface area contributed by atoms with E-state index in [0.29, 0.717) is 11.6 Å². The number of amides is 1. The molecule has 1 aliphatic carbocycles. The molecule has 2 rings (SSSR count). The van der Waals surface area contributed by atoms with E-state index >= 15 is 0 Å². The lowest BCUT2D eigenvalue weighted by atomic mass is 9.97. The molecule has 98 valence electrons. The van der Waals surface area contributed by atoms with E-state index in [0.717, 1.165) is 31.2 Å². The van der Waals surface area contributed by atoms with Crippen LogP contribution >= 0.6 is 11.6 Å². The molecule has 1 aliphatic rings. The summed E-state index contributed by atoms with van der Waals surface area (Å²) in [6.45, 7) is 0.454. The average Bonchev–Trinajstić information content (AvgIpc) is 2.73. The van der Waals surface area contributed by atoms with Crippen molar-refractivity contribution in [3.63, 3.8) is 0 Å². The van der Waals surface area contributed by atoms with Gasteiger partial charge in [-0.05, 0) is 30.5 Å². The molecule has 1 aromatic carbocycles. The summed E-state index contributed by atoms with van der Waals surface area (Å²) in [6.07, 6.45) is 3.69. The molecule has 4 heteroatoms. The van der Waals surface area contributed by atoms with E-state index in [-0.39, 0.29) is 12.3 Å². The van der Waals surface area contributed by atoms with Crippen molar-refractivity contribution in [1.29, 1.82) is 0 Å². The number of hydrogen-bond donors (Lipinski definition) is 2. The molecule has 0 radical (unpaired) electrons. The Bertz CT molecular complexity index is 428. The van der Waals surface area contributed by atoms with Crippen LogP contribution in [0.4, 0.5) is 0 Å². The molecule has 0 aromatic heterocycles. The summed E-state index contributed by atoms with van der Waals surface area (Å²) in [5.41, 5.74) is 0.188. The molecule has 0 bridgehead atoms. The fraction of sp³-hybridized carbons (Fsp3) is 0.500. The summed E-state index contributed by atoms with van der Waals surface area (Å²) in [6, 6.07) is 7.39. The maximum absolute atomic E-state index is 11.8. The first-order valence-corrected chi connectivity index (χ1v) is 6.69. The number of rotatable bonds is 4. The van der Waals surface area contributed by atoms with Gasteiger partial charge in [0.25, 0.3) is 0 Å². The Balaban J connectivity index is 1.81. The van der Waals surface area contributed by atoms with Crippen LogP contribution in [0.3, 0.4) is 0 Å². The minimum atomic E-state index is -0.779. The molecular weight excluding hydrogens is 250 g/mol. The van der Waals surface area contributed by atoms with Crippen LogP contribution in [0.2, 0.25) is 5.02 Å². The normalized spacial score (nSPS) is 17.7. The number of nitrogens with one attached hydrogen (secondary N) is 1. The van der Waals surface area contributed by atoms with Crippen molar-refractivity contribution >= 4 is 17.5 Å². The topological polar surface area (TPSA) is 49.3 Å². The second kappa shape index (κ2) is 5.72. The van der Waals surface area contributed by atoms with E-state index in [2.05, 4.69) is 5.32 Å². The maximum Gasteiger partial charge on any atom is 0.223 e. The second-order valence-corrected chi connectivity index (χ2v) is 5.45. The lowest BCUT2D eigenvalue weighted by Gasteiger charge is -2.21. The Morgan fingerprint density at radius 3 is 2.78 bits per heavy atom. The van der Waals surface area contributed by atoms with E-state index in [1.54, 1.807) is 6.07 Å². The number of aliphatic hydroxyl groups is 1. The average molecular weight is 268 g/mol. The zero-order chi connectivity index (χ0) is 13.0. The summed E-state index contributed by atoms with van der Waals surface area (Å²) in [5, 5.41) is 13.6. The van der Waals surface area contributed by atoms with Crippen molar-refractivity contribution in [2.45, 2.75) is 44.2 Å². The van der Waals surface area contributed by atoms with Gasteiger partial charge in [-0.25, -0.2) is 0 Å². The summed E-state index contributed by atoms with van der Waals surface area (Å²) in [4.78, 5) is 11.8. The van der Waals surface area contributed by atoms with Gasteiger partial charge in [-0.15, -0.1) is 0 Å². The van der Waals surface area contributed by atoms with Crippen molar-refractivity contribution < 1.29 is 9.90 Å². The van der Waals surface area contributed by atoms with Crippen molar-refractivity contribution in [2.24, 2.45) is 0 Å². The summed E-state index contributed by atoms with van der Waals surface area (Å²) in [7, 11) is 0. The van der Waals surface area contributed by atoms with Crippen LogP contribution in [-0.2, 0) is 11.3 Å². The first-order valence-electron chi connectivity index (χ1n) is 6.31. The fourth-order valence-corrected chi connectivity index (χ4v) is 2.63. The summed E-state index contributed by atoms with van der Waals surface area (Å²) >= 11 is 5.87. The van der Waals surface area contributed by atoms with Gasteiger partial charge in [-0.3, -0.25) is 4.79 Å². The number of benzene rings is 1. The Kier molecular flexibility index (Phi) is 4.25. The summed E-state index contributed by atoms with van der Waals surface area (Å²) in [5.74, 6) is -0.0978. The quantitative estimate of drug-likeness (QED) is 0.881. The van der Waals surface area contributed by atoms with Gasteiger partial charge in [-0.1, -0.05) is 36.6 Å². The zero-order valence-electron chi connectivity index (χ0n) is 10.3. The lowest BCUT2D eigenvalue weighted by molar-refractivity contribution is -0.126. The van der Waals surface area contributed by atoms with E-state index in [9.17, 15) is 9.90 Å². The molecule has 18 heavy (non-hydrogen) atoms. The number of hydrogen-bond acceptors (Lipinski definition) is 2. The fourth-order valence-electron chi connectivity index (χ4n) is 2.42. The lowest BCUT2D eigenvalue weighted by Crippen LogP contribution is -2.34. The van der Waals surface area contributed by atoms with Crippen LogP contribution in [0.5, 0.6) is 0 Å². The highest BCUT2D eigenvalue weighted by Gasteiger charge is 2.33. The minimum absolute atomic E-state index is 0.0978. The third-order valence-corrected chi connectivity index (χ3v) is 3.64. The van der Waals surface area contributed by atoms with E-state index in [1.807, 2.05) is 18.2 Å². The zero-order valence-corrected chi connectivity index (χ0v) is 11.0. The Morgan fingerprint density at radius 1 is 1.39 bits per heavy atom. The van der Waals surface area contributed by atoms with Crippen LogP contribution < -0.4 is 5.32 Å². The van der Waals surface area contributed by atoms with Gasteiger partial charge in [0.1, 0.15) is 0 Å². The van der Waals surface area contributed by atoms with Crippen LogP contribution in [0.1, 0.15) is 37.7 Å². The van der Waals surface area contributed by atoms with Crippen LogP contribution in [0.15, 0.2) is 24.3 Å². The highest BCUT2D eigenvalue weighted by molar-refractivity contribution is 6.30. The van der Waals surface area contributed by atoms with Crippen LogP contribution in [0.25, 0.3) is 0 Å². The highest BCUT2D eigenvalue weighted by atomic mass is 35.5. The minimum Gasteiger partial charge on any atom is -0.389 e. The Labute approximate surface area is 112 Å². The smallest absolute Gasteiger partial charge is 0.223 e. The van der Waals surface area contributed by atoms with Crippen LogP contribution in [-0.4, -0.2) is 16.6 Å². The van der Waals surface area contributed by atoms with Crippen molar-refractivity contribution in [1.82, 2.24) is 5.32 Å². The van der Waals surface area contributed by atoms with Crippen molar-refractivity contribution in [3.05, 3.63) is 34.9 Å². The third kappa shape index (κ3) is 3.72. The second-order valence-electron chi connectivity index (χ2n) is 5.01. The first-order chi connectivity index (χ1) is 8.57. The summed E-state index contributed by atoms with van der Waals surface area (Å²) < 4.78 is 0. The molecule has 3 nitrogen and oxygen atoms in total. The SMILES string of the molecule is O=C(CC1(O)CCCC1)NCc1cccc(Cl)c1. The molecule has 1 amide bonds. The molecule has 0 aliphatic heterocycles. The molecule has 0 spiro atoms. The Hall–Kier alpha value is -1.06. The van der Waals surface area contributed by atoms with E-state index in [4.69, 9.17) is 11.6 Å². The van der Waals surface area contributed by atoms with Gasteiger partial charge in [0.15, 0.2) is 0 Å². The van der Waals surface area contributed by atoms with Gasteiger partial charge in [0, 0.05) is 11.6 Å². The van der Waals surface area contributed by atoms with Crippen LogP contribution in [0, 0.1) is 0 Å². The van der Waals surface area contributed by atoms with Crippen molar-refractivity contribution in [3.8, 4) is 0 Å². The molecule has 1 fully saturated rings. The molecule has 0 heterocycles. The van der Waals surface area contributed by atoms with Gasteiger partial charge in [0.2, 0.25) is 5.91 Å².